The van der Waals surface area contributed by atoms with Crippen LogP contribution in [-0.2, 0) is 9.59 Å². The van der Waals surface area contributed by atoms with E-state index < -0.39 is 5.41 Å². The van der Waals surface area contributed by atoms with Crippen molar-refractivity contribution in [1.82, 2.24) is 10.6 Å². The maximum Gasteiger partial charge on any atom is 0.267 e. The molecule has 0 atom stereocenters. The van der Waals surface area contributed by atoms with Gasteiger partial charge in [-0.1, -0.05) is 46.8 Å². The van der Waals surface area contributed by atoms with Crippen LogP contribution >= 0.6 is 0 Å². The second-order valence-electron chi connectivity index (χ2n) is 7.14. The third-order valence-electron chi connectivity index (χ3n) is 3.27. The smallest absolute Gasteiger partial charge is 0.267 e. The van der Waals surface area contributed by atoms with E-state index in [1.807, 2.05) is 26.0 Å². The van der Waals surface area contributed by atoms with Gasteiger partial charge in [0.15, 0.2) is 0 Å². The lowest BCUT2D eigenvalue weighted by Crippen LogP contribution is -2.40. The number of rotatable bonds is 6. The molecule has 0 radical (unpaired) electrons. The summed E-state index contributed by atoms with van der Waals surface area (Å²) < 4.78 is 5.13. The molecule has 24 heavy (non-hydrogen) atoms. The third-order valence-corrected chi connectivity index (χ3v) is 3.27. The Morgan fingerprint density at radius 1 is 1.17 bits per heavy atom. The second kappa shape index (κ2) is 8.52. The van der Waals surface area contributed by atoms with Crippen molar-refractivity contribution in [3.05, 3.63) is 35.5 Å². The molecule has 2 amide bonds. The molecule has 0 aliphatic carbocycles. The lowest BCUT2D eigenvalue weighted by atomic mass is 9.95. The number of carbonyl (C=O) groups is 2. The normalized spacial score (nSPS) is 12.0. The van der Waals surface area contributed by atoms with Gasteiger partial charge >= 0.3 is 0 Å². The lowest BCUT2D eigenvalue weighted by Gasteiger charge is -2.19. The van der Waals surface area contributed by atoms with Crippen LogP contribution in [-0.4, -0.2) is 25.5 Å². The van der Waals surface area contributed by atoms with Crippen LogP contribution in [0.15, 0.2) is 30.0 Å². The molecule has 1 aromatic carbocycles. The Balaban J connectivity index is 3.04. The molecule has 0 saturated heterocycles. The van der Waals surface area contributed by atoms with Gasteiger partial charge in [0.25, 0.3) is 5.91 Å². The van der Waals surface area contributed by atoms with Gasteiger partial charge in [0.1, 0.15) is 11.4 Å². The highest BCUT2D eigenvalue weighted by Crippen LogP contribution is 2.16. The van der Waals surface area contributed by atoms with Crippen molar-refractivity contribution >= 4 is 17.9 Å². The minimum Gasteiger partial charge on any atom is -0.497 e. The molecular formula is C19H28N2O3. The quantitative estimate of drug-likeness (QED) is 0.787. The molecular weight excluding hydrogens is 304 g/mol. The molecule has 0 aromatic heterocycles. The molecule has 0 saturated carbocycles. The van der Waals surface area contributed by atoms with Gasteiger partial charge in [0.2, 0.25) is 5.91 Å². The number of benzene rings is 1. The zero-order valence-corrected chi connectivity index (χ0v) is 15.4. The summed E-state index contributed by atoms with van der Waals surface area (Å²) in [7, 11) is 1.60. The summed E-state index contributed by atoms with van der Waals surface area (Å²) in [5.74, 6) is 0.560. The SMILES string of the molecule is COc1ccc(/C=C(/NC(=O)C(C)(C)C)C(=O)NCC(C)C)cc1. The molecule has 132 valence electrons. The highest BCUT2D eigenvalue weighted by atomic mass is 16.5. The first-order chi connectivity index (χ1) is 11.1. The van der Waals surface area contributed by atoms with Gasteiger partial charge in [-0.3, -0.25) is 9.59 Å². The van der Waals surface area contributed by atoms with Gasteiger partial charge in [0.05, 0.1) is 7.11 Å². The molecule has 0 bridgehead atoms. The number of nitrogens with one attached hydrogen (secondary N) is 2. The summed E-state index contributed by atoms with van der Waals surface area (Å²) in [4.78, 5) is 24.7. The van der Waals surface area contributed by atoms with Crippen LogP contribution in [0.3, 0.4) is 0 Å². The topological polar surface area (TPSA) is 67.4 Å². The minimum absolute atomic E-state index is 0.207. The van der Waals surface area contributed by atoms with E-state index in [2.05, 4.69) is 10.6 Å². The Labute approximate surface area is 144 Å². The molecule has 0 fully saturated rings. The Bertz CT molecular complexity index is 596. The summed E-state index contributed by atoms with van der Waals surface area (Å²) in [5, 5.41) is 5.57. The number of methoxy groups -OCH3 is 1. The molecule has 1 rings (SSSR count). The summed E-state index contributed by atoms with van der Waals surface area (Å²) in [6.45, 7) is 9.99. The number of carbonyl (C=O) groups excluding carboxylic acids is 2. The highest BCUT2D eigenvalue weighted by Gasteiger charge is 2.24. The number of hydrogen-bond donors (Lipinski definition) is 2. The fourth-order valence-electron chi connectivity index (χ4n) is 1.73. The largest absolute Gasteiger partial charge is 0.497 e. The first kappa shape index (κ1) is 19.7. The first-order valence-corrected chi connectivity index (χ1v) is 8.09. The van der Waals surface area contributed by atoms with Crippen molar-refractivity contribution in [1.29, 1.82) is 0 Å². The van der Waals surface area contributed by atoms with Crippen LogP contribution in [0.1, 0.15) is 40.2 Å². The average Bonchev–Trinajstić information content (AvgIpc) is 2.51. The molecule has 0 aliphatic rings. The van der Waals surface area contributed by atoms with E-state index >= 15 is 0 Å². The molecule has 5 nitrogen and oxygen atoms in total. The molecule has 0 spiro atoms. The van der Waals surface area contributed by atoms with E-state index in [4.69, 9.17) is 4.74 Å². The summed E-state index contributed by atoms with van der Waals surface area (Å²) in [6.07, 6.45) is 1.67. The highest BCUT2D eigenvalue weighted by molar-refractivity contribution is 6.02. The summed E-state index contributed by atoms with van der Waals surface area (Å²) >= 11 is 0. The fourth-order valence-corrected chi connectivity index (χ4v) is 1.73. The molecule has 2 N–H and O–H groups in total. The molecule has 0 aliphatic heterocycles. The monoisotopic (exact) mass is 332 g/mol. The fraction of sp³-hybridized carbons (Fsp3) is 0.474. The van der Waals surface area contributed by atoms with E-state index in [-0.39, 0.29) is 17.5 Å². The van der Waals surface area contributed by atoms with Gasteiger partial charge < -0.3 is 15.4 Å². The zero-order valence-electron chi connectivity index (χ0n) is 15.4. The van der Waals surface area contributed by atoms with E-state index in [9.17, 15) is 9.59 Å². The van der Waals surface area contributed by atoms with Crippen molar-refractivity contribution in [2.24, 2.45) is 11.3 Å². The van der Waals surface area contributed by atoms with Crippen LogP contribution in [0, 0.1) is 11.3 Å². The third kappa shape index (κ3) is 6.44. The molecule has 0 heterocycles. The van der Waals surface area contributed by atoms with Crippen LogP contribution in [0.25, 0.3) is 6.08 Å². The standard InChI is InChI=1S/C19H28N2O3/c1-13(2)12-20-17(22)16(21-18(23)19(3,4)5)11-14-7-9-15(24-6)10-8-14/h7-11,13H,12H2,1-6H3,(H,20,22)(H,21,23)/b16-11+. The Kier molecular flexibility index (Phi) is 7.01. The molecule has 5 heteroatoms. The number of hydrogen-bond acceptors (Lipinski definition) is 3. The minimum atomic E-state index is -0.586. The van der Waals surface area contributed by atoms with E-state index in [1.54, 1.807) is 46.1 Å². The predicted octanol–water partition coefficient (Wildman–Crippen LogP) is 2.97. The van der Waals surface area contributed by atoms with Gasteiger partial charge in [-0.2, -0.15) is 0 Å². The molecule has 0 unspecified atom stereocenters. The Hall–Kier alpha value is -2.30. The van der Waals surface area contributed by atoms with Crippen LogP contribution in [0.4, 0.5) is 0 Å². The lowest BCUT2D eigenvalue weighted by molar-refractivity contribution is -0.129. The Morgan fingerprint density at radius 3 is 2.21 bits per heavy atom. The Morgan fingerprint density at radius 2 is 1.75 bits per heavy atom. The van der Waals surface area contributed by atoms with Crippen molar-refractivity contribution in [3.63, 3.8) is 0 Å². The van der Waals surface area contributed by atoms with Gasteiger partial charge in [-0.25, -0.2) is 0 Å². The number of amides is 2. The molecule has 1 aromatic rings. The average molecular weight is 332 g/mol. The summed E-state index contributed by atoms with van der Waals surface area (Å²) in [6, 6.07) is 7.28. The maximum atomic E-state index is 12.4. The van der Waals surface area contributed by atoms with Gasteiger partial charge in [-0.05, 0) is 29.7 Å². The van der Waals surface area contributed by atoms with E-state index in [1.165, 1.54) is 0 Å². The van der Waals surface area contributed by atoms with Crippen LogP contribution in [0.5, 0.6) is 5.75 Å². The van der Waals surface area contributed by atoms with E-state index in [0.717, 1.165) is 11.3 Å². The van der Waals surface area contributed by atoms with Crippen molar-refractivity contribution < 1.29 is 14.3 Å². The van der Waals surface area contributed by atoms with Crippen LogP contribution < -0.4 is 15.4 Å². The maximum absolute atomic E-state index is 12.4. The van der Waals surface area contributed by atoms with Crippen molar-refractivity contribution in [2.45, 2.75) is 34.6 Å². The van der Waals surface area contributed by atoms with Crippen molar-refractivity contribution in [2.75, 3.05) is 13.7 Å². The van der Waals surface area contributed by atoms with Crippen molar-refractivity contribution in [3.8, 4) is 5.75 Å². The van der Waals surface area contributed by atoms with E-state index in [0.29, 0.717) is 12.5 Å². The summed E-state index contributed by atoms with van der Waals surface area (Å²) in [5.41, 5.74) is 0.456. The van der Waals surface area contributed by atoms with Gasteiger partial charge in [0, 0.05) is 12.0 Å². The van der Waals surface area contributed by atoms with Gasteiger partial charge in [-0.15, -0.1) is 0 Å². The first-order valence-electron chi connectivity index (χ1n) is 8.09. The number of ether oxygens (including phenoxy) is 1. The van der Waals surface area contributed by atoms with Crippen LogP contribution in [0.2, 0.25) is 0 Å². The second-order valence-corrected chi connectivity index (χ2v) is 7.14. The predicted molar refractivity (Wildman–Crippen MR) is 96.4 cm³/mol. The zero-order chi connectivity index (χ0) is 18.3.